The van der Waals surface area contributed by atoms with Crippen LogP contribution < -0.4 is 22.1 Å². The van der Waals surface area contributed by atoms with E-state index in [-0.39, 0.29) is 35.6 Å². The molecule has 2 aromatic carbocycles. The zero-order valence-corrected chi connectivity index (χ0v) is 26.2. The van der Waals surface area contributed by atoms with Crippen molar-refractivity contribution >= 4 is 45.3 Å². The number of hydrogen-bond acceptors (Lipinski definition) is 7. The highest BCUT2D eigenvalue weighted by molar-refractivity contribution is 7.20. The van der Waals surface area contributed by atoms with Gasteiger partial charge in [-0.25, -0.2) is 9.78 Å². The number of amides is 2. The summed E-state index contributed by atoms with van der Waals surface area (Å²) in [5.74, 6) is -0.852. The Morgan fingerprint density at radius 3 is 2.41 bits per heavy atom. The van der Waals surface area contributed by atoms with Crippen LogP contribution in [0.3, 0.4) is 0 Å². The van der Waals surface area contributed by atoms with Crippen LogP contribution in [0.4, 0.5) is 4.79 Å². The number of piperidine rings is 1. The third-order valence-electron chi connectivity index (χ3n) is 8.02. The van der Waals surface area contributed by atoms with Crippen LogP contribution in [0, 0.1) is 5.92 Å². The smallest absolute Gasteiger partial charge is 0.408 e. The van der Waals surface area contributed by atoms with Gasteiger partial charge in [0.05, 0.1) is 21.8 Å². The molecule has 2 amide bonds. The van der Waals surface area contributed by atoms with E-state index in [1.807, 2.05) is 68.4 Å². The standard InChI is InChI=1S/C32H43N7O4S/c1-21(2)19-25(39(31(42)43)32(14-17-35-18-15-32)20-22-9-4-3-5-10-22)28(41)37-24(12-8-16-36-30(33)34)27(40)29-38-23-11-6-7-13-26(23)44-29/h3-7,9-11,13,21,24-25,35H,8,12,14-20H2,1-2H3,(H,37,41)(H,42,43)(H4,33,34,36)/t24-,25-/m0/s1. The summed E-state index contributed by atoms with van der Waals surface area (Å²) >= 11 is 1.27. The second-order valence-corrected chi connectivity index (χ2v) is 12.8. The SMILES string of the molecule is CC(C)C[C@@H](C(=O)N[C@@H](CCCN=C(N)N)C(=O)c1nc2ccccc2s1)N(C(=O)O)C1(Cc2ccccc2)CCNCC1. The lowest BCUT2D eigenvalue weighted by Gasteiger charge is -2.48. The summed E-state index contributed by atoms with van der Waals surface area (Å²) in [6.07, 6.45) is 1.45. The number of aromatic nitrogens is 1. The predicted octanol–water partition coefficient (Wildman–Crippen LogP) is 3.78. The van der Waals surface area contributed by atoms with Gasteiger partial charge in [-0.05, 0) is 75.2 Å². The van der Waals surface area contributed by atoms with E-state index in [0.717, 1.165) is 10.3 Å². The fourth-order valence-corrected chi connectivity index (χ4v) is 6.94. The Morgan fingerprint density at radius 1 is 1.09 bits per heavy atom. The first-order valence-corrected chi connectivity index (χ1v) is 15.9. The average Bonchev–Trinajstić information content (AvgIpc) is 3.43. The van der Waals surface area contributed by atoms with Gasteiger partial charge in [0.2, 0.25) is 11.7 Å². The van der Waals surface area contributed by atoms with Crippen molar-refractivity contribution in [3.8, 4) is 0 Å². The zero-order valence-electron chi connectivity index (χ0n) is 25.4. The number of Topliss-reactive ketones (excluding diaryl/α,β-unsaturated/α-hetero) is 1. The van der Waals surface area contributed by atoms with Crippen LogP contribution in [-0.4, -0.2) is 76.0 Å². The van der Waals surface area contributed by atoms with Gasteiger partial charge in [0, 0.05) is 6.54 Å². The van der Waals surface area contributed by atoms with E-state index in [1.54, 1.807) is 0 Å². The Balaban J connectivity index is 1.67. The van der Waals surface area contributed by atoms with E-state index in [0.29, 0.717) is 50.7 Å². The van der Waals surface area contributed by atoms with Gasteiger partial charge in [0.1, 0.15) is 6.04 Å². The number of hydrogen-bond donors (Lipinski definition) is 5. The molecular weight excluding hydrogens is 578 g/mol. The van der Waals surface area contributed by atoms with Crippen molar-refractivity contribution in [1.29, 1.82) is 0 Å². The third kappa shape index (κ3) is 8.32. The number of para-hydroxylation sites is 1. The van der Waals surface area contributed by atoms with Gasteiger partial charge >= 0.3 is 6.09 Å². The van der Waals surface area contributed by atoms with E-state index in [9.17, 15) is 19.5 Å². The fraction of sp³-hybridized carbons (Fsp3) is 0.469. The number of rotatable bonds is 14. The maximum Gasteiger partial charge on any atom is 0.408 e. The molecule has 2 heterocycles. The van der Waals surface area contributed by atoms with Crippen molar-refractivity contribution in [1.82, 2.24) is 20.5 Å². The molecule has 1 fully saturated rings. The van der Waals surface area contributed by atoms with Crippen molar-refractivity contribution < 1.29 is 19.5 Å². The summed E-state index contributed by atoms with van der Waals surface area (Å²) in [4.78, 5) is 51.2. The molecule has 236 valence electrons. The van der Waals surface area contributed by atoms with Gasteiger partial charge in [-0.2, -0.15) is 0 Å². The Morgan fingerprint density at radius 2 is 1.77 bits per heavy atom. The second-order valence-electron chi connectivity index (χ2n) is 11.8. The van der Waals surface area contributed by atoms with Crippen LogP contribution in [0.15, 0.2) is 59.6 Å². The molecule has 12 heteroatoms. The molecule has 0 radical (unpaired) electrons. The van der Waals surface area contributed by atoms with Crippen molar-refractivity contribution in [3.05, 3.63) is 65.2 Å². The number of carbonyl (C=O) groups is 3. The summed E-state index contributed by atoms with van der Waals surface area (Å²) in [5.41, 5.74) is 11.9. The number of guanidine groups is 1. The Labute approximate surface area is 262 Å². The van der Waals surface area contributed by atoms with Crippen LogP contribution in [0.2, 0.25) is 0 Å². The van der Waals surface area contributed by atoms with Crippen LogP contribution in [0.5, 0.6) is 0 Å². The maximum absolute atomic E-state index is 14.3. The lowest BCUT2D eigenvalue weighted by molar-refractivity contribution is -0.130. The fourth-order valence-electron chi connectivity index (χ4n) is 5.98. The van der Waals surface area contributed by atoms with E-state index < -0.39 is 29.6 Å². The topological polar surface area (TPSA) is 176 Å². The van der Waals surface area contributed by atoms with Crippen molar-refractivity contribution in [2.75, 3.05) is 19.6 Å². The van der Waals surface area contributed by atoms with Gasteiger partial charge in [0.25, 0.3) is 0 Å². The number of nitrogens with two attached hydrogens (primary N) is 2. The molecule has 2 atom stereocenters. The van der Waals surface area contributed by atoms with Crippen LogP contribution in [-0.2, 0) is 11.2 Å². The van der Waals surface area contributed by atoms with E-state index in [1.165, 1.54) is 16.2 Å². The van der Waals surface area contributed by atoms with Crippen molar-refractivity contribution in [2.45, 2.75) is 70.0 Å². The molecule has 3 aromatic rings. The number of thiazole rings is 1. The van der Waals surface area contributed by atoms with Gasteiger partial charge in [-0.1, -0.05) is 56.3 Å². The summed E-state index contributed by atoms with van der Waals surface area (Å²) in [5, 5.41) is 17.3. The molecule has 1 aromatic heterocycles. The van der Waals surface area contributed by atoms with Crippen LogP contribution in [0.1, 0.15) is 61.3 Å². The van der Waals surface area contributed by atoms with Crippen LogP contribution in [0.25, 0.3) is 10.2 Å². The molecule has 0 aliphatic carbocycles. The Bertz CT molecular complexity index is 1420. The van der Waals surface area contributed by atoms with Crippen molar-refractivity contribution in [3.63, 3.8) is 0 Å². The minimum atomic E-state index is -1.15. The number of ketones is 1. The maximum atomic E-state index is 14.3. The summed E-state index contributed by atoms with van der Waals surface area (Å²) in [6.45, 7) is 5.48. The minimum Gasteiger partial charge on any atom is -0.465 e. The lowest BCUT2D eigenvalue weighted by Crippen LogP contribution is -2.65. The largest absolute Gasteiger partial charge is 0.465 e. The molecule has 1 aliphatic rings. The van der Waals surface area contributed by atoms with Crippen LogP contribution >= 0.6 is 11.3 Å². The van der Waals surface area contributed by atoms with E-state index in [4.69, 9.17) is 11.5 Å². The number of benzene rings is 2. The molecule has 4 rings (SSSR count). The van der Waals surface area contributed by atoms with E-state index in [2.05, 4.69) is 20.6 Å². The number of fused-ring (bicyclic) bond motifs is 1. The molecule has 11 nitrogen and oxygen atoms in total. The minimum absolute atomic E-state index is 0.0170. The molecule has 44 heavy (non-hydrogen) atoms. The van der Waals surface area contributed by atoms with Gasteiger partial charge in [-0.15, -0.1) is 11.3 Å². The molecular formula is C32H43N7O4S. The molecule has 0 bridgehead atoms. The van der Waals surface area contributed by atoms with Gasteiger partial charge in [0.15, 0.2) is 11.0 Å². The molecule has 1 aliphatic heterocycles. The number of nitrogens with one attached hydrogen (secondary N) is 2. The molecule has 0 saturated carbocycles. The van der Waals surface area contributed by atoms with Crippen molar-refractivity contribution in [2.24, 2.45) is 22.4 Å². The highest BCUT2D eigenvalue weighted by Crippen LogP contribution is 2.34. The van der Waals surface area contributed by atoms with E-state index >= 15 is 0 Å². The Hall–Kier alpha value is -4.03. The third-order valence-corrected chi connectivity index (χ3v) is 9.07. The highest BCUT2D eigenvalue weighted by atomic mass is 32.1. The summed E-state index contributed by atoms with van der Waals surface area (Å²) < 4.78 is 0.866. The zero-order chi connectivity index (χ0) is 31.7. The molecule has 0 unspecified atom stereocenters. The molecule has 0 spiro atoms. The highest BCUT2D eigenvalue weighted by Gasteiger charge is 2.47. The first-order chi connectivity index (χ1) is 21.1. The number of carboxylic acid groups (broad SMARTS) is 1. The second kappa shape index (κ2) is 15.1. The summed E-state index contributed by atoms with van der Waals surface area (Å²) in [7, 11) is 0. The first-order valence-electron chi connectivity index (χ1n) is 15.1. The molecule has 7 N–H and O–H groups in total. The Kier molecular flexibility index (Phi) is 11.3. The monoisotopic (exact) mass is 621 g/mol. The quantitative estimate of drug-likeness (QED) is 0.0782. The number of nitrogens with zero attached hydrogens (tertiary/aromatic N) is 3. The molecule has 1 saturated heterocycles. The normalized spacial score (nSPS) is 15.8. The predicted molar refractivity (Wildman–Crippen MR) is 174 cm³/mol. The number of carbonyl (C=O) groups excluding carboxylic acids is 2. The van der Waals surface area contributed by atoms with Gasteiger partial charge in [-0.3, -0.25) is 19.5 Å². The summed E-state index contributed by atoms with van der Waals surface area (Å²) in [6, 6.07) is 15.3. The number of aliphatic imine (C=N–C) groups is 1. The average molecular weight is 622 g/mol. The first kappa shape index (κ1) is 32.9. The lowest BCUT2D eigenvalue weighted by atomic mass is 9.79. The van der Waals surface area contributed by atoms with Gasteiger partial charge < -0.3 is 27.2 Å².